The average Bonchev–Trinajstić information content (AvgIpc) is 3.70. The van der Waals surface area contributed by atoms with Crippen LogP contribution in [0.2, 0.25) is 18.1 Å². The molecule has 3 heterocycles. The topological polar surface area (TPSA) is 119 Å². The molecule has 14 heteroatoms. The minimum atomic E-state index is -3.02. The van der Waals surface area contributed by atoms with E-state index in [1.54, 1.807) is 76.0 Å². The summed E-state index contributed by atoms with van der Waals surface area (Å²) >= 11 is 0. The Hall–Kier alpha value is -6.20. The van der Waals surface area contributed by atoms with Gasteiger partial charge in [-0.05, 0) is 124 Å². The zero-order valence-corrected chi connectivity index (χ0v) is 38.4. The minimum absolute atomic E-state index is 0.0280. The van der Waals surface area contributed by atoms with Gasteiger partial charge < -0.3 is 23.4 Å². The van der Waals surface area contributed by atoms with Crippen molar-refractivity contribution in [3.05, 3.63) is 124 Å². The molecule has 2 amide bonds. The highest BCUT2D eigenvalue weighted by atomic mass is 28.4. The Labute approximate surface area is 363 Å². The minimum Gasteiger partial charge on any atom is -0.544 e. The van der Waals surface area contributed by atoms with Gasteiger partial charge in [0.25, 0.3) is 5.91 Å². The van der Waals surface area contributed by atoms with Gasteiger partial charge in [0, 0.05) is 48.5 Å². The third kappa shape index (κ3) is 9.33. The van der Waals surface area contributed by atoms with Gasteiger partial charge in [0.2, 0.25) is 8.32 Å². The number of esters is 1. The molecule has 11 nitrogen and oxygen atoms in total. The smallest absolute Gasteiger partial charge is 0.410 e. The summed E-state index contributed by atoms with van der Waals surface area (Å²) in [6, 6.07) is 24.8. The quantitative estimate of drug-likeness (QED) is 0.101. The summed E-state index contributed by atoms with van der Waals surface area (Å²) in [6.45, 7) is 16.9. The lowest BCUT2D eigenvalue weighted by Gasteiger charge is -2.36. The Morgan fingerprint density at radius 3 is 2.13 bits per heavy atom. The van der Waals surface area contributed by atoms with E-state index < -0.39 is 38.4 Å². The molecule has 0 saturated heterocycles. The number of benzene rings is 3. The molecule has 326 valence electrons. The van der Waals surface area contributed by atoms with E-state index in [-0.39, 0.29) is 46.4 Å². The number of hydrogen-bond donors (Lipinski definition) is 0. The molecule has 3 aromatic carbocycles. The van der Waals surface area contributed by atoms with E-state index in [0.717, 1.165) is 16.7 Å². The molecule has 0 atom stereocenters. The zero-order chi connectivity index (χ0) is 45.5. The van der Waals surface area contributed by atoms with E-state index in [0.29, 0.717) is 45.9 Å². The molecular formula is C48H55F2N5O6Si. The largest absolute Gasteiger partial charge is 0.544 e. The first-order chi connectivity index (χ1) is 29.0. The van der Waals surface area contributed by atoms with Crippen molar-refractivity contribution < 1.29 is 37.1 Å². The number of halogens is 2. The molecule has 5 aromatic rings. The van der Waals surface area contributed by atoms with E-state index in [9.17, 15) is 23.6 Å². The van der Waals surface area contributed by atoms with Crippen molar-refractivity contribution in [1.29, 1.82) is 5.26 Å². The van der Waals surface area contributed by atoms with Crippen LogP contribution in [0.15, 0.2) is 78.9 Å². The van der Waals surface area contributed by atoms with Crippen molar-refractivity contribution in [3.8, 4) is 23.1 Å². The second-order valence-electron chi connectivity index (χ2n) is 18.2. The maximum Gasteiger partial charge on any atom is 0.410 e. The normalized spacial score (nSPS) is 13.1. The van der Waals surface area contributed by atoms with E-state index in [4.69, 9.17) is 13.9 Å². The van der Waals surface area contributed by atoms with Gasteiger partial charge in [-0.1, -0.05) is 51.1 Å². The van der Waals surface area contributed by atoms with Crippen molar-refractivity contribution in [2.45, 2.75) is 105 Å². The molecule has 6 rings (SSSR count). The van der Waals surface area contributed by atoms with Gasteiger partial charge in [-0.2, -0.15) is 14.0 Å². The number of hydrogen-bond acceptors (Lipinski definition) is 7. The van der Waals surface area contributed by atoms with Crippen LogP contribution in [0.3, 0.4) is 0 Å². The fourth-order valence-corrected chi connectivity index (χ4v) is 8.26. The Kier molecular flexibility index (Phi) is 12.6. The van der Waals surface area contributed by atoms with Crippen molar-refractivity contribution in [3.63, 3.8) is 0 Å². The fraction of sp³-hybridized carbons (Fsp3) is 0.375. The Balaban J connectivity index is 1.42. The molecule has 1 aliphatic heterocycles. The van der Waals surface area contributed by atoms with Crippen LogP contribution in [0.4, 0.5) is 25.0 Å². The average molecular weight is 864 g/mol. The van der Waals surface area contributed by atoms with E-state index in [2.05, 4.69) is 33.9 Å². The Bertz CT molecular complexity index is 2540. The molecule has 0 radical (unpaired) electrons. The predicted molar refractivity (Wildman–Crippen MR) is 237 cm³/mol. The van der Waals surface area contributed by atoms with Gasteiger partial charge in [-0.3, -0.25) is 14.3 Å². The van der Waals surface area contributed by atoms with Gasteiger partial charge in [-0.25, -0.2) is 9.59 Å². The molecule has 0 spiro atoms. The number of ether oxygens (including phenoxy) is 2. The molecule has 0 saturated carbocycles. The lowest BCUT2D eigenvalue weighted by atomic mass is 9.92. The third-order valence-corrected chi connectivity index (χ3v) is 16.1. The number of nitrogens with zero attached hydrogens (tertiary/aromatic N) is 5. The van der Waals surface area contributed by atoms with Gasteiger partial charge in [-0.15, -0.1) is 0 Å². The highest BCUT2D eigenvalue weighted by Crippen LogP contribution is 2.41. The number of anilines is 2. The lowest BCUT2D eigenvalue weighted by molar-refractivity contribution is 0.00699. The van der Waals surface area contributed by atoms with Crippen LogP contribution in [0.5, 0.6) is 5.75 Å². The second kappa shape index (κ2) is 17.3. The highest BCUT2D eigenvalue weighted by molar-refractivity contribution is 6.74. The van der Waals surface area contributed by atoms with Crippen molar-refractivity contribution in [2.75, 3.05) is 11.4 Å². The summed E-state index contributed by atoms with van der Waals surface area (Å²) in [5, 5.41) is 9.81. The summed E-state index contributed by atoms with van der Waals surface area (Å²) in [6.07, 6.45) is 0.0174. The lowest BCUT2D eigenvalue weighted by Crippen LogP contribution is -2.43. The van der Waals surface area contributed by atoms with Crippen LogP contribution in [0.25, 0.3) is 11.3 Å². The number of rotatable bonds is 10. The summed E-state index contributed by atoms with van der Waals surface area (Å²) in [5.41, 5.74) is 4.03. The maximum atomic E-state index is 15.1. The van der Waals surface area contributed by atoms with Crippen LogP contribution in [0, 0.1) is 25.2 Å². The van der Waals surface area contributed by atoms with Gasteiger partial charge in [0.05, 0.1) is 16.8 Å². The first-order valence-corrected chi connectivity index (χ1v) is 23.5. The van der Waals surface area contributed by atoms with E-state index in [1.807, 2.05) is 47.0 Å². The van der Waals surface area contributed by atoms with E-state index >= 15 is 4.79 Å². The molecule has 2 aromatic heterocycles. The monoisotopic (exact) mass is 863 g/mol. The molecule has 0 aliphatic carbocycles. The number of carbonyl (C=O) groups excluding carboxylic acids is 3. The van der Waals surface area contributed by atoms with Crippen LogP contribution < -0.4 is 9.33 Å². The van der Waals surface area contributed by atoms with E-state index in [1.165, 1.54) is 17.9 Å². The molecule has 62 heavy (non-hydrogen) atoms. The number of fused-ring (bicyclic) bond motifs is 1. The number of aromatic nitrogens is 2. The molecule has 0 N–H and O–H groups in total. The fourth-order valence-electron chi connectivity index (χ4n) is 7.23. The van der Waals surface area contributed by atoms with Gasteiger partial charge in [0.1, 0.15) is 29.7 Å². The van der Waals surface area contributed by atoms with Crippen LogP contribution in [-0.4, -0.2) is 52.5 Å². The van der Waals surface area contributed by atoms with Crippen molar-refractivity contribution >= 4 is 37.7 Å². The SMILES string of the molecule is Cc1c(C(=O)N(c2ccc(O[Si](C)(C)C(C)(C)C)cc2)c2cc(C#N)n(C(F)F)c2C)cc(-c2cc3c(cc2C(=O)OC(C)(C)C)CN(C(=O)OCc2ccccc2)CC3)n1C. The van der Waals surface area contributed by atoms with Crippen LogP contribution in [-0.2, 0) is 36.1 Å². The summed E-state index contributed by atoms with van der Waals surface area (Å²) in [7, 11) is -0.438. The molecule has 0 bridgehead atoms. The standard InChI is InChI=1S/C48H55F2N5O6Si/c1-30-38(43(56)55(41-25-36(27-51)54(31(41)2)45(49)50)35-17-19-37(20-18-35)61-62(10,11)48(6,7)8)26-42(52(30)9)39-23-33-21-22-53(46(58)59-29-32-15-13-12-14-16-32)28-34(33)24-40(39)44(57)60-47(3,4)5/h12-20,23-26,45H,21-22,28-29H2,1-11H3. The highest BCUT2D eigenvalue weighted by Gasteiger charge is 2.39. The molecular weight excluding hydrogens is 809 g/mol. The first kappa shape index (κ1) is 45.3. The number of carbonyl (C=O) groups is 3. The van der Waals surface area contributed by atoms with Crippen LogP contribution >= 0.6 is 0 Å². The third-order valence-electron chi connectivity index (χ3n) is 11.8. The molecule has 0 fully saturated rings. The second-order valence-corrected chi connectivity index (χ2v) is 22.9. The van der Waals surface area contributed by atoms with Gasteiger partial charge >= 0.3 is 18.6 Å². The Morgan fingerprint density at radius 2 is 1.55 bits per heavy atom. The summed E-state index contributed by atoms with van der Waals surface area (Å²) in [4.78, 5) is 45.3. The van der Waals surface area contributed by atoms with Crippen molar-refractivity contribution in [1.82, 2.24) is 14.0 Å². The first-order valence-electron chi connectivity index (χ1n) is 20.6. The number of nitriles is 1. The van der Waals surface area contributed by atoms with Gasteiger partial charge in [0.15, 0.2) is 0 Å². The maximum absolute atomic E-state index is 15.1. The molecule has 0 unspecified atom stereocenters. The Morgan fingerprint density at radius 1 is 0.887 bits per heavy atom. The number of amides is 2. The van der Waals surface area contributed by atoms with Crippen LogP contribution in [0.1, 0.15) is 103 Å². The van der Waals surface area contributed by atoms with Crippen molar-refractivity contribution in [2.24, 2.45) is 7.05 Å². The summed E-state index contributed by atoms with van der Waals surface area (Å²) < 4.78 is 49.3. The number of alkyl halides is 2. The zero-order valence-electron chi connectivity index (χ0n) is 37.4. The predicted octanol–water partition coefficient (Wildman–Crippen LogP) is 11.4. The molecule has 1 aliphatic rings. The summed E-state index contributed by atoms with van der Waals surface area (Å²) in [5.74, 6) is -0.511.